The van der Waals surface area contributed by atoms with E-state index in [1.165, 1.54) is 5.56 Å². The summed E-state index contributed by atoms with van der Waals surface area (Å²) in [6.45, 7) is 1.13. The molecular weight excluding hydrogens is 364 g/mol. The molecular formula is C24H22N2O3. The van der Waals surface area contributed by atoms with E-state index in [0.717, 1.165) is 23.4 Å². The van der Waals surface area contributed by atoms with Crippen molar-refractivity contribution in [3.05, 3.63) is 83.4 Å². The molecule has 146 valence electrons. The number of amides is 1. The van der Waals surface area contributed by atoms with Gasteiger partial charge < -0.3 is 19.7 Å². The van der Waals surface area contributed by atoms with Crippen LogP contribution in [0.15, 0.2) is 66.7 Å². The summed E-state index contributed by atoms with van der Waals surface area (Å²) in [5, 5.41) is 3.45. The molecule has 1 atom stereocenters. The molecule has 2 aliphatic heterocycles. The molecule has 5 rings (SSSR count). The Balaban J connectivity index is 1.48. The molecule has 5 nitrogen and oxygen atoms in total. The number of hydrogen-bond acceptors (Lipinski definition) is 4. The minimum absolute atomic E-state index is 0.00661. The molecule has 0 aliphatic carbocycles. The smallest absolute Gasteiger partial charge is 0.260 e. The highest BCUT2D eigenvalue weighted by molar-refractivity contribution is 6.12. The summed E-state index contributed by atoms with van der Waals surface area (Å²) in [5.74, 6) is 1.17. The van der Waals surface area contributed by atoms with E-state index in [-0.39, 0.29) is 11.9 Å². The lowest BCUT2D eigenvalue weighted by Crippen LogP contribution is -2.39. The summed E-state index contributed by atoms with van der Waals surface area (Å²) in [7, 11) is 1.60. The van der Waals surface area contributed by atoms with Crippen molar-refractivity contribution in [1.29, 1.82) is 0 Å². The molecule has 5 heteroatoms. The molecule has 3 aromatic rings. The van der Waals surface area contributed by atoms with Crippen molar-refractivity contribution in [1.82, 2.24) is 0 Å². The van der Waals surface area contributed by atoms with Crippen LogP contribution in [0.4, 0.5) is 11.4 Å². The molecule has 2 heterocycles. The average molecular weight is 386 g/mol. The van der Waals surface area contributed by atoms with Crippen LogP contribution >= 0.6 is 0 Å². The first-order chi connectivity index (χ1) is 14.2. The fourth-order valence-electron chi connectivity index (χ4n) is 4.15. The van der Waals surface area contributed by atoms with Gasteiger partial charge in [-0.15, -0.1) is 0 Å². The van der Waals surface area contributed by atoms with Crippen molar-refractivity contribution in [3.63, 3.8) is 0 Å². The van der Waals surface area contributed by atoms with E-state index in [1.807, 2.05) is 59.5 Å². The Morgan fingerprint density at radius 1 is 1.03 bits per heavy atom. The van der Waals surface area contributed by atoms with Gasteiger partial charge in [-0.3, -0.25) is 4.79 Å². The van der Waals surface area contributed by atoms with Crippen molar-refractivity contribution in [2.75, 3.05) is 23.9 Å². The summed E-state index contributed by atoms with van der Waals surface area (Å²) >= 11 is 0. The number of anilines is 2. The van der Waals surface area contributed by atoms with Gasteiger partial charge in [0.25, 0.3) is 5.91 Å². The highest BCUT2D eigenvalue weighted by Gasteiger charge is 2.37. The zero-order valence-electron chi connectivity index (χ0n) is 16.2. The molecule has 1 amide bonds. The summed E-state index contributed by atoms with van der Waals surface area (Å²) in [6, 6.07) is 21.9. The van der Waals surface area contributed by atoms with E-state index in [4.69, 9.17) is 9.47 Å². The Labute approximate surface area is 169 Å². The predicted molar refractivity (Wildman–Crippen MR) is 113 cm³/mol. The van der Waals surface area contributed by atoms with E-state index in [1.54, 1.807) is 13.2 Å². The summed E-state index contributed by atoms with van der Waals surface area (Å²) in [5.41, 5.74) is 4.68. The van der Waals surface area contributed by atoms with Gasteiger partial charge in [-0.25, -0.2) is 0 Å². The third-order valence-electron chi connectivity index (χ3n) is 5.59. The van der Waals surface area contributed by atoms with E-state index < -0.39 is 0 Å². The van der Waals surface area contributed by atoms with Crippen LogP contribution < -0.4 is 19.7 Å². The van der Waals surface area contributed by atoms with E-state index in [2.05, 4.69) is 11.4 Å². The molecule has 2 aliphatic rings. The van der Waals surface area contributed by atoms with Gasteiger partial charge in [0.15, 0.2) is 11.5 Å². The second-order valence-corrected chi connectivity index (χ2v) is 7.37. The number of fused-ring (bicyclic) bond motifs is 4. The van der Waals surface area contributed by atoms with Crippen LogP contribution in [0, 0.1) is 0 Å². The lowest BCUT2D eigenvalue weighted by atomic mass is 10.1. The van der Waals surface area contributed by atoms with Crippen LogP contribution in [0.3, 0.4) is 0 Å². The summed E-state index contributed by atoms with van der Waals surface area (Å²) in [6.07, 6.45) is 0.859. The van der Waals surface area contributed by atoms with E-state index in [0.29, 0.717) is 30.2 Å². The number of para-hydroxylation sites is 1. The number of hydrogen-bond donors (Lipinski definition) is 1. The van der Waals surface area contributed by atoms with Crippen molar-refractivity contribution in [2.24, 2.45) is 0 Å². The summed E-state index contributed by atoms with van der Waals surface area (Å²) < 4.78 is 11.6. The second-order valence-electron chi connectivity index (χ2n) is 7.37. The number of ether oxygens (including phenoxy) is 2. The third-order valence-corrected chi connectivity index (χ3v) is 5.59. The largest absolute Gasteiger partial charge is 0.493 e. The minimum atomic E-state index is -0.00661. The predicted octanol–water partition coefficient (Wildman–Crippen LogP) is 4.27. The van der Waals surface area contributed by atoms with Crippen LogP contribution in [-0.4, -0.2) is 25.6 Å². The number of nitrogens with zero attached hydrogens (tertiary/aromatic N) is 1. The normalized spacial score (nSPS) is 16.9. The van der Waals surface area contributed by atoms with Gasteiger partial charge in [0.2, 0.25) is 0 Å². The monoisotopic (exact) mass is 386 g/mol. The SMILES string of the molecule is COc1cc2c(cc1OCc1ccccc1)NCC1Cc3ccccc3N1C2=O. The van der Waals surface area contributed by atoms with Crippen LogP contribution in [0.1, 0.15) is 21.5 Å². The molecule has 0 fully saturated rings. The first-order valence-electron chi connectivity index (χ1n) is 9.78. The lowest BCUT2D eigenvalue weighted by Gasteiger charge is -2.22. The Morgan fingerprint density at radius 2 is 1.83 bits per heavy atom. The highest BCUT2D eigenvalue weighted by atomic mass is 16.5. The zero-order valence-corrected chi connectivity index (χ0v) is 16.2. The van der Waals surface area contributed by atoms with Gasteiger partial charge in [-0.1, -0.05) is 48.5 Å². The first-order valence-corrected chi connectivity index (χ1v) is 9.78. The Kier molecular flexibility index (Phi) is 4.35. The quantitative estimate of drug-likeness (QED) is 0.728. The maximum Gasteiger partial charge on any atom is 0.260 e. The molecule has 29 heavy (non-hydrogen) atoms. The van der Waals surface area contributed by atoms with Crippen molar-refractivity contribution >= 4 is 17.3 Å². The third kappa shape index (κ3) is 3.09. The molecule has 0 saturated heterocycles. The van der Waals surface area contributed by atoms with Crippen molar-refractivity contribution < 1.29 is 14.3 Å². The Bertz CT molecular complexity index is 1060. The molecule has 0 aromatic heterocycles. The number of carbonyl (C=O) groups excluding carboxylic acids is 1. The van der Waals surface area contributed by atoms with Crippen LogP contribution in [0.2, 0.25) is 0 Å². The standard InChI is InChI=1S/C24H22N2O3/c1-28-22-12-19-20(13-23(22)29-15-16-7-3-2-4-8-16)25-14-18-11-17-9-5-6-10-21(17)26(18)24(19)27/h2-10,12-13,18,25H,11,14-15H2,1H3. The number of nitrogens with one attached hydrogen (secondary N) is 1. The van der Waals surface area contributed by atoms with Gasteiger partial charge in [0.05, 0.1) is 24.4 Å². The van der Waals surface area contributed by atoms with Gasteiger partial charge in [-0.2, -0.15) is 0 Å². The number of benzene rings is 3. The topological polar surface area (TPSA) is 50.8 Å². The maximum atomic E-state index is 13.4. The Morgan fingerprint density at radius 3 is 2.66 bits per heavy atom. The van der Waals surface area contributed by atoms with Gasteiger partial charge >= 0.3 is 0 Å². The number of carbonyl (C=O) groups is 1. The number of rotatable bonds is 4. The fourth-order valence-corrected chi connectivity index (χ4v) is 4.15. The van der Waals surface area contributed by atoms with Crippen LogP contribution in [0.25, 0.3) is 0 Å². The van der Waals surface area contributed by atoms with Crippen LogP contribution in [0.5, 0.6) is 11.5 Å². The first kappa shape index (κ1) is 17.6. The van der Waals surface area contributed by atoms with E-state index in [9.17, 15) is 4.79 Å². The highest BCUT2D eigenvalue weighted by Crippen LogP contribution is 2.40. The molecule has 1 unspecified atom stereocenters. The van der Waals surface area contributed by atoms with Gasteiger partial charge in [-0.05, 0) is 29.7 Å². The fraction of sp³-hybridized carbons (Fsp3) is 0.208. The zero-order chi connectivity index (χ0) is 19.8. The molecule has 1 N–H and O–H groups in total. The van der Waals surface area contributed by atoms with Crippen molar-refractivity contribution in [2.45, 2.75) is 19.1 Å². The van der Waals surface area contributed by atoms with E-state index >= 15 is 0 Å². The molecule has 0 bridgehead atoms. The Hall–Kier alpha value is -3.47. The number of methoxy groups -OCH3 is 1. The molecule has 3 aromatic carbocycles. The second kappa shape index (κ2) is 7.17. The lowest BCUT2D eigenvalue weighted by molar-refractivity contribution is 0.0983. The average Bonchev–Trinajstić information content (AvgIpc) is 3.08. The minimum Gasteiger partial charge on any atom is -0.493 e. The summed E-state index contributed by atoms with van der Waals surface area (Å²) in [4.78, 5) is 15.3. The van der Waals surface area contributed by atoms with Crippen LogP contribution in [-0.2, 0) is 13.0 Å². The molecule has 0 radical (unpaired) electrons. The molecule has 0 spiro atoms. The molecule has 0 saturated carbocycles. The van der Waals surface area contributed by atoms with Crippen molar-refractivity contribution in [3.8, 4) is 11.5 Å². The van der Waals surface area contributed by atoms with Gasteiger partial charge in [0, 0.05) is 18.3 Å². The van der Waals surface area contributed by atoms with Gasteiger partial charge in [0.1, 0.15) is 6.61 Å². The maximum absolute atomic E-state index is 13.4.